The van der Waals surface area contributed by atoms with Gasteiger partial charge in [-0.05, 0) is 26.0 Å². The summed E-state index contributed by atoms with van der Waals surface area (Å²) in [4.78, 5) is 17.4. The Balaban J connectivity index is 2.50. The molecule has 17 heavy (non-hydrogen) atoms. The summed E-state index contributed by atoms with van der Waals surface area (Å²) in [6.45, 7) is 5.57. The van der Waals surface area contributed by atoms with Gasteiger partial charge in [0.15, 0.2) is 0 Å². The molecule has 0 atom stereocenters. The number of pyridine rings is 1. The third-order valence-corrected chi connectivity index (χ3v) is 2.44. The summed E-state index contributed by atoms with van der Waals surface area (Å²) in [5, 5.41) is 11.6. The van der Waals surface area contributed by atoms with Gasteiger partial charge in [0, 0.05) is 13.1 Å². The minimum Gasteiger partial charge on any atom is -0.375 e. The number of nitrogens with one attached hydrogen (secondary N) is 1. The molecule has 0 aliphatic heterocycles. The number of rotatable bonds is 5. The Bertz CT molecular complexity index is 404. The third-order valence-electron chi connectivity index (χ3n) is 2.44. The van der Waals surface area contributed by atoms with Crippen LogP contribution in [0.3, 0.4) is 0 Å². The van der Waals surface area contributed by atoms with Crippen LogP contribution in [0.4, 0.5) is 5.69 Å². The molecule has 5 heteroatoms. The molecule has 1 heterocycles. The molecule has 0 bridgehead atoms. The van der Waals surface area contributed by atoms with Gasteiger partial charge in [0.2, 0.25) is 5.91 Å². The van der Waals surface area contributed by atoms with Gasteiger partial charge in [-0.2, -0.15) is 5.26 Å². The van der Waals surface area contributed by atoms with Crippen molar-refractivity contribution in [3.63, 3.8) is 0 Å². The molecule has 0 spiro atoms. The molecule has 0 unspecified atom stereocenters. The maximum absolute atomic E-state index is 11.7. The lowest BCUT2D eigenvalue weighted by atomic mass is 10.3. The van der Waals surface area contributed by atoms with Crippen molar-refractivity contribution in [3.8, 4) is 6.07 Å². The fourth-order valence-corrected chi connectivity index (χ4v) is 1.43. The van der Waals surface area contributed by atoms with E-state index >= 15 is 0 Å². The number of hydrogen-bond donors (Lipinski definition) is 1. The summed E-state index contributed by atoms with van der Waals surface area (Å²) < 4.78 is 0. The highest BCUT2D eigenvalue weighted by Gasteiger charge is 2.08. The van der Waals surface area contributed by atoms with Crippen LogP contribution in [0.1, 0.15) is 19.5 Å². The van der Waals surface area contributed by atoms with Crippen LogP contribution in [-0.4, -0.2) is 35.4 Å². The number of carbonyl (C=O) groups excluding carboxylic acids is 1. The molecule has 1 rings (SSSR count). The first-order valence-electron chi connectivity index (χ1n) is 5.59. The summed E-state index contributed by atoms with van der Waals surface area (Å²) in [5.74, 6) is 0.0550. The van der Waals surface area contributed by atoms with Gasteiger partial charge in [0.25, 0.3) is 0 Å². The number of amides is 1. The molecule has 0 saturated heterocycles. The van der Waals surface area contributed by atoms with E-state index in [-0.39, 0.29) is 12.5 Å². The molecule has 1 N–H and O–H groups in total. The summed E-state index contributed by atoms with van der Waals surface area (Å²) in [6.07, 6.45) is 1.55. The second-order valence-electron chi connectivity index (χ2n) is 3.46. The van der Waals surface area contributed by atoms with Crippen molar-refractivity contribution in [2.75, 3.05) is 25.0 Å². The first-order chi connectivity index (χ1) is 8.21. The quantitative estimate of drug-likeness (QED) is 0.829. The maximum atomic E-state index is 11.7. The Morgan fingerprint density at radius 3 is 2.65 bits per heavy atom. The fourth-order valence-electron chi connectivity index (χ4n) is 1.43. The fraction of sp³-hybridized carbons (Fsp3) is 0.417. The van der Waals surface area contributed by atoms with E-state index in [2.05, 4.69) is 10.3 Å². The van der Waals surface area contributed by atoms with Crippen molar-refractivity contribution in [1.82, 2.24) is 9.88 Å². The highest BCUT2D eigenvalue weighted by molar-refractivity contribution is 5.80. The lowest BCUT2D eigenvalue weighted by molar-refractivity contribution is -0.128. The van der Waals surface area contributed by atoms with Crippen LogP contribution in [0.25, 0.3) is 0 Å². The zero-order valence-corrected chi connectivity index (χ0v) is 10.1. The smallest absolute Gasteiger partial charge is 0.241 e. The lowest BCUT2D eigenvalue weighted by Crippen LogP contribution is -2.35. The van der Waals surface area contributed by atoms with Crippen LogP contribution in [0.15, 0.2) is 18.3 Å². The molecule has 90 valence electrons. The molecule has 1 aromatic rings. The average Bonchev–Trinajstić information content (AvgIpc) is 2.38. The van der Waals surface area contributed by atoms with Crippen molar-refractivity contribution in [1.29, 1.82) is 5.26 Å². The van der Waals surface area contributed by atoms with Gasteiger partial charge in [-0.1, -0.05) is 0 Å². The Morgan fingerprint density at radius 1 is 1.47 bits per heavy atom. The zero-order chi connectivity index (χ0) is 12.7. The molecule has 0 saturated carbocycles. The number of likely N-dealkylation sites (N-methyl/N-ethyl adjacent to an activating group) is 1. The molecular formula is C12H16N4O. The van der Waals surface area contributed by atoms with Crippen molar-refractivity contribution < 1.29 is 4.79 Å². The highest BCUT2D eigenvalue weighted by atomic mass is 16.2. The Kier molecular flexibility index (Phi) is 4.95. The van der Waals surface area contributed by atoms with E-state index < -0.39 is 0 Å². The van der Waals surface area contributed by atoms with E-state index in [1.54, 1.807) is 23.2 Å². The lowest BCUT2D eigenvalue weighted by Gasteiger charge is -2.18. The average molecular weight is 232 g/mol. The predicted octanol–water partition coefficient (Wildman–Crippen LogP) is 1.23. The van der Waals surface area contributed by atoms with Crippen LogP contribution in [0, 0.1) is 11.3 Å². The van der Waals surface area contributed by atoms with Crippen LogP contribution in [-0.2, 0) is 4.79 Å². The van der Waals surface area contributed by atoms with Crippen LogP contribution < -0.4 is 5.32 Å². The molecular weight excluding hydrogens is 216 g/mol. The number of nitriles is 1. The summed E-state index contributed by atoms with van der Waals surface area (Å²) in [7, 11) is 0. The highest BCUT2D eigenvalue weighted by Crippen LogP contribution is 2.05. The minimum atomic E-state index is 0.0550. The Morgan fingerprint density at radius 2 is 2.18 bits per heavy atom. The second-order valence-corrected chi connectivity index (χ2v) is 3.46. The molecule has 0 aliphatic carbocycles. The molecule has 0 fully saturated rings. The van der Waals surface area contributed by atoms with E-state index in [0.717, 1.165) is 5.69 Å². The number of aromatic nitrogens is 1. The van der Waals surface area contributed by atoms with Crippen LogP contribution in [0.5, 0.6) is 0 Å². The number of hydrogen-bond acceptors (Lipinski definition) is 4. The Labute approximate surface area is 101 Å². The van der Waals surface area contributed by atoms with E-state index in [0.29, 0.717) is 18.8 Å². The largest absolute Gasteiger partial charge is 0.375 e. The van der Waals surface area contributed by atoms with Crippen molar-refractivity contribution in [2.45, 2.75) is 13.8 Å². The summed E-state index contributed by atoms with van der Waals surface area (Å²) in [6, 6.07) is 5.29. The van der Waals surface area contributed by atoms with Crippen LogP contribution in [0.2, 0.25) is 0 Å². The summed E-state index contributed by atoms with van der Waals surface area (Å²) >= 11 is 0. The Hall–Kier alpha value is -2.09. The van der Waals surface area contributed by atoms with Crippen LogP contribution >= 0.6 is 0 Å². The number of nitrogens with zero attached hydrogens (tertiary/aromatic N) is 3. The molecule has 1 amide bonds. The van der Waals surface area contributed by atoms with Gasteiger partial charge in [0.05, 0.1) is 18.4 Å². The van der Waals surface area contributed by atoms with Gasteiger partial charge in [-0.15, -0.1) is 0 Å². The standard InChI is InChI=1S/C12H16N4O/c1-3-16(4-2)12(17)9-15-11-6-5-10(7-13)14-8-11/h5-6,8,15H,3-4,9H2,1-2H3. The predicted molar refractivity (Wildman–Crippen MR) is 65.4 cm³/mol. The van der Waals surface area contributed by atoms with Gasteiger partial charge in [-0.3, -0.25) is 4.79 Å². The SMILES string of the molecule is CCN(CC)C(=O)CNc1ccc(C#N)nc1. The van der Waals surface area contributed by atoms with E-state index in [4.69, 9.17) is 5.26 Å². The molecule has 0 aromatic carbocycles. The molecule has 0 radical (unpaired) electrons. The first-order valence-corrected chi connectivity index (χ1v) is 5.59. The number of carbonyl (C=O) groups is 1. The van der Waals surface area contributed by atoms with E-state index in [1.165, 1.54) is 0 Å². The van der Waals surface area contributed by atoms with Gasteiger partial charge >= 0.3 is 0 Å². The topological polar surface area (TPSA) is 69.0 Å². The molecule has 0 aliphatic rings. The van der Waals surface area contributed by atoms with Crippen molar-refractivity contribution in [2.24, 2.45) is 0 Å². The van der Waals surface area contributed by atoms with Gasteiger partial charge in [-0.25, -0.2) is 4.98 Å². The zero-order valence-electron chi connectivity index (χ0n) is 10.1. The first kappa shape index (κ1) is 13.0. The van der Waals surface area contributed by atoms with Gasteiger partial charge < -0.3 is 10.2 Å². The molecule has 1 aromatic heterocycles. The van der Waals surface area contributed by atoms with Gasteiger partial charge in [0.1, 0.15) is 11.8 Å². The second kappa shape index (κ2) is 6.48. The monoisotopic (exact) mass is 232 g/mol. The maximum Gasteiger partial charge on any atom is 0.241 e. The van der Waals surface area contributed by atoms with Crippen molar-refractivity contribution >= 4 is 11.6 Å². The molecule has 5 nitrogen and oxygen atoms in total. The minimum absolute atomic E-state index is 0.0550. The number of anilines is 1. The van der Waals surface area contributed by atoms with E-state index in [1.807, 2.05) is 19.9 Å². The summed E-state index contributed by atoms with van der Waals surface area (Å²) in [5.41, 5.74) is 1.11. The van der Waals surface area contributed by atoms with E-state index in [9.17, 15) is 4.79 Å². The normalized spacial score (nSPS) is 9.47. The third kappa shape index (κ3) is 3.76. The van der Waals surface area contributed by atoms with Crippen molar-refractivity contribution in [3.05, 3.63) is 24.0 Å².